The number of para-hydroxylation sites is 1. The van der Waals surface area contributed by atoms with Crippen LogP contribution in [-0.4, -0.2) is 25.9 Å². The lowest BCUT2D eigenvalue weighted by Gasteiger charge is -2.14. The Hall–Kier alpha value is -4.19. The number of benzene rings is 3. The van der Waals surface area contributed by atoms with Gasteiger partial charge in [-0.1, -0.05) is 48.5 Å². The summed E-state index contributed by atoms with van der Waals surface area (Å²) in [6.07, 6.45) is 1.58. The molecule has 5 aromatic rings. The maximum Gasteiger partial charge on any atom is 0.269 e. The van der Waals surface area contributed by atoms with Crippen LogP contribution in [0, 0.1) is 0 Å². The smallest absolute Gasteiger partial charge is 0.269 e. The highest BCUT2D eigenvalue weighted by molar-refractivity contribution is 5.78. The maximum atomic E-state index is 13.6. The van der Waals surface area contributed by atoms with Crippen molar-refractivity contribution in [3.8, 4) is 28.5 Å². The van der Waals surface area contributed by atoms with Gasteiger partial charge in [-0.3, -0.25) is 9.36 Å². The van der Waals surface area contributed by atoms with Gasteiger partial charge in [0.05, 0.1) is 24.2 Å². The van der Waals surface area contributed by atoms with E-state index in [9.17, 15) is 4.79 Å². The van der Waals surface area contributed by atoms with Crippen molar-refractivity contribution < 1.29 is 4.74 Å². The monoisotopic (exact) mass is 408 g/mol. The minimum atomic E-state index is -0.171. The fourth-order valence-corrected chi connectivity index (χ4v) is 3.60. The SMILES string of the molecule is CCOc1ccc(-n2c(-c3ccccc3)nc3c(cnn3-c3ccccc3)c2=O)cc1. The van der Waals surface area contributed by atoms with Gasteiger partial charge < -0.3 is 4.74 Å². The van der Waals surface area contributed by atoms with Crippen LogP contribution in [0.2, 0.25) is 0 Å². The quantitative estimate of drug-likeness (QED) is 0.425. The molecule has 2 aromatic heterocycles. The molecule has 0 aliphatic carbocycles. The molecule has 0 bridgehead atoms. The fourth-order valence-electron chi connectivity index (χ4n) is 3.60. The summed E-state index contributed by atoms with van der Waals surface area (Å²) < 4.78 is 8.88. The molecule has 6 heteroatoms. The third-order valence-electron chi connectivity index (χ3n) is 5.04. The first-order chi connectivity index (χ1) is 15.3. The van der Waals surface area contributed by atoms with E-state index in [0.717, 1.165) is 17.0 Å². The highest BCUT2D eigenvalue weighted by atomic mass is 16.5. The minimum Gasteiger partial charge on any atom is -0.494 e. The molecule has 0 N–H and O–H groups in total. The molecule has 6 nitrogen and oxygen atoms in total. The molecule has 2 heterocycles. The van der Waals surface area contributed by atoms with Crippen LogP contribution in [0.3, 0.4) is 0 Å². The fraction of sp³-hybridized carbons (Fsp3) is 0.0800. The average Bonchev–Trinajstić information content (AvgIpc) is 3.25. The summed E-state index contributed by atoms with van der Waals surface area (Å²) in [6.45, 7) is 2.52. The molecular weight excluding hydrogens is 388 g/mol. The van der Waals surface area contributed by atoms with Crippen molar-refractivity contribution in [2.75, 3.05) is 6.61 Å². The standard InChI is InChI=1S/C25H20N4O2/c1-2-31-21-15-13-19(14-16-21)28-23(18-9-5-3-6-10-18)27-24-22(25(28)30)17-26-29(24)20-11-7-4-8-12-20/h3-17H,2H2,1H3. The van der Waals surface area contributed by atoms with Crippen molar-refractivity contribution in [2.45, 2.75) is 6.92 Å². The normalized spacial score (nSPS) is 11.0. The number of ether oxygens (including phenoxy) is 1. The van der Waals surface area contributed by atoms with Crippen LogP contribution in [-0.2, 0) is 0 Å². The van der Waals surface area contributed by atoms with Gasteiger partial charge >= 0.3 is 0 Å². The molecule has 0 atom stereocenters. The van der Waals surface area contributed by atoms with Crippen LogP contribution in [0.25, 0.3) is 33.8 Å². The number of fused-ring (bicyclic) bond motifs is 1. The second-order valence-electron chi connectivity index (χ2n) is 7.00. The summed E-state index contributed by atoms with van der Waals surface area (Å²) >= 11 is 0. The molecule has 31 heavy (non-hydrogen) atoms. The van der Waals surface area contributed by atoms with Gasteiger partial charge in [0.25, 0.3) is 5.56 Å². The van der Waals surface area contributed by atoms with E-state index >= 15 is 0 Å². The van der Waals surface area contributed by atoms with Crippen LogP contribution < -0.4 is 10.3 Å². The summed E-state index contributed by atoms with van der Waals surface area (Å²) in [5.74, 6) is 1.31. The number of hydrogen-bond donors (Lipinski definition) is 0. The summed E-state index contributed by atoms with van der Waals surface area (Å²) in [6, 6.07) is 26.8. The number of aromatic nitrogens is 4. The second kappa shape index (κ2) is 7.91. The van der Waals surface area contributed by atoms with Gasteiger partial charge in [0.1, 0.15) is 17.0 Å². The predicted molar refractivity (Wildman–Crippen MR) is 121 cm³/mol. The molecule has 0 radical (unpaired) electrons. The molecule has 0 saturated heterocycles. The Kier molecular flexibility index (Phi) is 4.80. The van der Waals surface area contributed by atoms with Crippen LogP contribution >= 0.6 is 0 Å². The van der Waals surface area contributed by atoms with E-state index in [0.29, 0.717) is 29.2 Å². The highest BCUT2D eigenvalue weighted by Gasteiger charge is 2.18. The molecule has 0 saturated carbocycles. The van der Waals surface area contributed by atoms with Crippen molar-refractivity contribution in [3.63, 3.8) is 0 Å². The lowest BCUT2D eigenvalue weighted by molar-refractivity contribution is 0.340. The molecular formula is C25H20N4O2. The molecule has 0 aliphatic rings. The number of rotatable bonds is 5. The van der Waals surface area contributed by atoms with Gasteiger partial charge in [0, 0.05) is 5.56 Å². The largest absolute Gasteiger partial charge is 0.494 e. The van der Waals surface area contributed by atoms with E-state index in [1.54, 1.807) is 15.4 Å². The van der Waals surface area contributed by atoms with Gasteiger partial charge in [-0.05, 0) is 43.3 Å². The van der Waals surface area contributed by atoms with Crippen LogP contribution in [0.15, 0.2) is 95.9 Å². The summed E-state index contributed by atoms with van der Waals surface area (Å²) in [5, 5.41) is 4.91. The molecule has 0 aliphatic heterocycles. The first-order valence-electron chi connectivity index (χ1n) is 10.1. The first-order valence-corrected chi connectivity index (χ1v) is 10.1. The third-order valence-corrected chi connectivity index (χ3v) is 5.04. The molecule has 0 unspecified atom stereocenters. The summed E-state index contributed by atoms with van der Waals surface area (Å²) in [4.78, 5) is 18.5. The topological polar surface area (TPSA) is 61.9 Å². The lowest BCUT2D eigenvalue weighted by Crippen LogP contribution is -2.22. The van der Waals surface area contributed by atoms with Crippen molar-refractivity contribution in [3.05, 3.63) is 101 Å². The van der Waals surface area contributed by atoms with Crippen molar-refractivity contribution in [1.29, 1.82) is 0 Å². The Balaban J connectivity index is 1.78. The average molecular weight is 408 g/mol. The second-order valence-corrected chi connectivity index (χ2v) is 7.00. The molecule has 152 valence electrons. The number of hydrogen-bond acceptors (Lipinski definition) is 4. The summed E-state index contributed by atoms with van der Waals surface area (Å²) in [5.41, 5.74) is 2.76. The molecule has 0 fully saturated rings. The minimum absolute atomic E-state index is 0.171. The highest BCUT2D eigenvalue weighted by Crippen LogP contribution is 2.24. The maximum absolute atomic E-state index is 13.6. The van der Waals surface area contributed by atoms with E-state index in [1.165, 1.54) is 0 Å². The number of nitrogens with zero attached hydrogens (tertiary/aromatic N) is 4. The summed E-state index contributed by atoms with van der Waals surface area (Å²) in [7, 11) is 0. The first kappa shape index (κ1) is 18.8. The van der Waals surface area contributed by atoms with Gasteiger partial charge in [0.15, 0.2) is 5.65 Å². The predicted octanol–water partition coefficient (Wildman–Crippen LogP) is 4.64. The molecule has 3 aromatic carbocycles. The van der Waals surface area contributed by atoms with Gasteiger partial charge in [-0.15, -0.1) is 0 Å². The molecule has 0 amide bonds. The van der Waals surface area contributed by atoms with Gasteiger partial charge in [-0.2, -0.15) is 5.10 Å². The Morgan fingerprint density at radius 1 is 0.839 bits per heavy atom. The third kappa shape index (κ3) is 3.38. The van der Waals surface area contributed by atoms with Crippen molar-refractivity contribution >= 4 is 11.0 Å². The zero-order valence-electron chi connectivity index (χ0n) is 17.0. The zero-order chi connectivity index (χ0) is 21.2. The van der Waals surface area contributed by atoms with Crippen LogP contribution in [0.5, 0.6) is 5.75 Å². The van der Waals surface area contributed by atoms with E-state index in [-0.39, 0.29) is 5.56 Å². The van der Waals surface area contributed by atoms with E-state index < -0.39 is 0 Å². The van der Waals surface area contributed by atoms with E-state index in [4.69, 9.17) is 9.72 Å². The van der Waals surface area contributed by atoms with E-state index in [2.05, 4.69) is 5.10 Å². The van der Waals surface area contributed by atoms with Crippen LogP contribution in [0.1, 0.15) is 6.92 Å². The van der Waals surface area contributed by atoms with Gasteiger partial charge in [0.2, 0.25) is 0 Å². The lowest BCUT2D eigenvalue weighted by atomic mass is 10.2. The van der Waals surface area contributed by atoms with Crippen LogP contribution in [0.4, 0.5) is 0 Å². The Morgan fingerprint density at radius 3 is 2.19 bits per heavy atom. The van der Waals surface area contributed by atoms with Crippen molar-refractivity contribution in [2.24, 2.45) is 0 Å². The van der Waals surface area contributed by atoms with E-state index in [1.807, 2.05) is 91.9 Å². The van der Waals surface area contributed by atoms with Gasteiger partial charge in [-0.25, -0.2) is 9.67 Å². The molecule has 0 spiro atoms. The van der Waals surface area contributed by atoms with Crippen molar-refractivity contribution in [1.82, 2.24) is 19.3 Å². The zero-order valence-corrected chi connectivity index (χ0v) is 17.0. The molecule has 5 rings (SSSR count). The Morgan fingerprint density at radius 2 is 1.52 bits per heavy atom. The Labute approximate surface area is 179 Å². The Bertz CT molecular complexity index is 1390.